The number of primary amides is 2. The molecule has 103 heavy (non-hydrogen) atoms. The van der Waals surface area contributed by atoms with Gasteiger partial charge in [-0.3, -0.25) is 37.8 Å². The van der Waals surface area contributed by atoms with Gasteiger partial charge in [0.1, 0.15) is 12.2 Å². The molecule has 12 N–H and O–H groups in total. The lowest BCUT2D eigenvalue weighted by molar-refractivity contribution is -0.154. The van der Waals surface area contributed by atoms with E-state index < -0.39 is 100.0 Å². The number of allylic oxidation sites excluding steroid dienone is 1. The number of amides is 8. The lowest BCUT2D eigenvalue weighted by atomic mass is 10.4. The lowest BCUT2D eigenvalue weighted by Gasteiger charge is -2.16. The zero-order valence-electron chi connectivity index (χ0n) is 59.8. The molecule has 0 radical (unpaired) electrons. The minimum absolute atomic E-state index is 0. The molecule has 2 unspecified atom stereocenters. The summed E-state index contributed by atoms with van der Waals surface area (Å²) in [6.07, 6.45) is 0.916. The molecule has 0 spiro atoms. The van der Waals surface area contributed by atoms with Gasteiger partial charge >= 0.3 is 99.9 Å². The highest BCUT2D eigenvalue weighted by Crippen LogP contribution is 2.08. The van der Waals surface area contributed by atoms with Gasteiger partial charge in [-0.2, -0.15) is 19.9 Å². The number of carbonyl (C=O) groups is 11. The van der Waals surface area contributed by atoms with Gasteiger partial charge in [0.25, 0.3) is 0 Å². The number of hydrogen-bond donors (Lipinski definition) is 8. The number of aromatic nitrogens is 12. The first-order valence-corrected chi connectivity index (χ1v) is 33.0. The van der Waals surface area contributed by atoms with Gasteiger partial charge in [-0.05, 0) is 120 Å². The second-order valence-corrected chi connectivity index (χ2v) is 18.7. The van der Waals surface area contributed by atoms with Crippen molar-refractivity contribution in [1.82, 2.24) is 77.7 Å². The maximum atomic E-state index is 11.8. The first kappa shape index (κ1) is 108. The Kier molecular flexibility index (Phi) is 65.8. The SMILES string of the molecule is C.C/C=C/c1nc(=O)n(CC)c(=O)n1PC.C=C.CCC.CCN(C(=O)O)C(=O)O.CCN(C(N)=O)C(N)=O.CCOC(=O)CC(=O)OCC.CCOC(=O)N(CC)C(=O)OCC.CCn1c(=O)nc(C(=O)O)[nH]c1=O.CCn1c(=O)nc(C=O)[nH]c1=O.CCn1c(=O)nc(C=O)n(PC)c1=O.N. The zero-order valence-corrected chi connectivity index (χ0v) is 61.8. The molecular weight excluding hydrogens is 1410 g/mol. The van der Waals surface area contributed by atoms with Crippen LogP contribution in [0.4, 0.5) is 28.8 Å². The Balaban J connectivity index is -0.000000166. The molecule has 584 valence electrons. The monoisotopic (exact) mass is 1510 g/mol. The van der Waals surface area contributed by atoms with E-state index in [2.05, 4.69) is 70.9 Å². The Labute approximate surface area is 594 Å². The lowest BCUT2D eigenvalue weighted by Crippen LogP contribution is -2.43. The Bertz CT molecular complexity index is 3660. The fourth-order valence-electron chi connectivity index (χ4n) is 5.98. The summed E-state index contributed by atoms with van der Waals surface area (Å²) in [4.78, 5) is 224. The Morgan fingerprint density at radius 2 is 0.835 bits per heavy atom. The molecule has 4 heterocycles. The molecule has 8 amide bonds. The average Bonchev–Trinajstić information content (AvgIpc) is 0.824. The highest BCUT2D eigenvalue weighted by Gasteiger charge is 2.22. The van der Waals surface area contributed by atoms with Crippen molar-refractivity contribution in [2.24, 2.45) is 11.5 Å². The first-order chi connectivity index (χ1) is 47.5. The van der Waals surface area contributed by atoms with Crippen LogP contribution in [-0.2, 0) is 54.7 Å². The number of carboxylic acids is 1. The summed E-state index contributed by atoms with van der Waals surface area (Å²) in [5, 5.41) is 24.6. The topological polar surface area (TPSA) is 631 Å². The number of nitrogens with two attached hydrogens (primary N) is 2. The number of carbonyl (C=O) groups excluding carboxylic acids is 8. The predicted octanol–water partition coefficient (Wildman–Crippen LogP) is 2.52. The summed E-state index contributed by atoms with van der Waals surface area (Å²) in [5.74, 6) is -3.06. The number of aromatic amines is 2. The van der Waals surface area contributed by atoms with Gasteiger partial charge in [-0.15, -0.1) is 13.2 Å². The number of imide groups is 3. The smallest absolute Gasteiger partial charge is 0.419 e. The van der Waals surface area contributed by atoms with Crippen LogP contribution in [0.5, 0.6) is 0 Å². The molecule has 0 aliphatic heterocycles. The van der Waals surface area contributed by atoms with Crippen LogP contribution in [-0.4, -0.2) is 213 Å². The third-order valence-corrected chi connectivity index (χ3v) is 12.0. The van der Waals surface area contributed by atoms with E-state index in [4.69, 9.17) is 26.8 Å². The number of rotatable bonds is 19. The van der Waals surface area contributed by atoms with Crippen molar-refractivity contribution in [3.8, 4) is 0 Å². The molecule has 0 aliphatic rings. The van der Waals surface area contributed by atoms with E-state index in [-0.39, 0.29) is 120 Å². The van der Waals surface area contributed by atoms with Gasteiger partial charge in [0, 0.05) is 45.8 Å². The number of esters is 2. The summed E-state index contributed by atoms with van der Waals surface area (Å²) in [6.45, 7) is 36.3. The number of nitrogens with one attached hydrogen (secondary N) is 2. The molecule has 0 aliphatic carbocycles. The van der Waals surface area contributed by atoms with E-state index in [1.807, 2.05) is 18.6 Å². The van der Waals surface area contributed by atoms with Crippen LogP contribution in [0.1, 0.15) is 155 Å². The Morgan fingerprint density at radius 3 is 1.08 bits per heavy atom. The number of hydrogen-bond acceptors (Lipinski definition) is 28. The van der Waals surface area contributed by atoms with Crippen molar-refractivity contribution in [3.63, 3.8) is 0 Å². The van der Waals surface area contributed by atoms with Crippen molar-refractivity contribution in [2.75, 3.05) is 59.4 Å². The van der Waals surface area contributed by atoms with Crippen LogP contribution >= 0.6 is 17.5 Å². The quantitative estimate of drug-likeness (QED) is 0.0167. The van der Waals surface area contributed by atoms with Crippen LogP contribution in [0.15, 0.2) is 57.6 Å². The van der Waals surface area contributed by atoms with Crippen LogP contribution < -0.4 is 63.1 Å². The number of aldehydes is 2. The molecular formula is C57H100N18O26P2. The van der Waals surface area contributed by atoms with E-state index in [1.54, 1.807) is 88.1 Å². The first-order valence-electron chi connectivity index (χ1n) is 30.1. The maximum Gasteiger partial charge on any atom is 0.419 e. The Hall–Kier alpha value is -11.3. The molecule has 0 bridgehead atoms. The largest absolute Gasteiger partial charge is 0.475 e. The zero-order chi connectivity index (χ0) is 79.8. The molecule has 4 aromatic heterocycles. The number of ether oxygens (including phenoxy) is 4. The molecule has 0 fully saturated rings. The summed E-state index contributed by atoms with van der Waals surface area (Å²) in [5.41, 5.74) is 4.61. The molecule has 0 saturated carbocycles. The number of nitrogens with zero attached hydrogens (tertiary/aromatic N) is 13. The third-order valence-electron chi connectivity index (χ3n) is 10.3. The third kappa shape index (κ3) is 42.4. The van der Waals surface area contributed by atoms with Gasteiger partial charge in [0.2, 0.25) is 5.82 Å². The van der Waals surface area contributed by atoms with Crippen LogP contribution in [0.25, 0.3) is 6.08 Å². The molecule has 2 atom stereocenters. The minimum Gasteiger partial charge on any atom is -0.475 e. The number of carboxylic acid groups (broad SMARTS) is 3. The molecule has 44 nitrogen and oxygen atoms in total. The van der Waals surface area contributed by atoms with E-state index in [9.17, 15) is 91.1 Å². The standard InChI is InChI=1S/C9H14N3O2P.C8H15NO4.C7H10N3O3P.C7H12O4.C6H7N3O4.C6H7N3O3.C4H9N3O2.C4H7NO4.C3H8.C2H4.CH4.H3N/c1-4-6-7-10-8(13)11(5-2)9(14)12(7)15-3;1-4-9(7(10)12-5-2)8(11)13-6-3;1-3-9-6(12)8-5(4-11)10(14-2)7(9)13;1-3-10-6(8)5-7(9)11-4-2;1-2-9-5(12)7-3(4(10)11)8-6(9)13;1-2-9-5(11)7-4(3-10)8-6(9)12;1-2-7(3(5)8)4(6)9;1-2-5(3(6)7)4(8)9;1-3-2;1-2;;/h4,6,15H,5H2,1-3H3;4-6H2,1-3H3;4,14H,3H2,1-2H3;3-5H2,1-2H3;2H2,1H3,(H,10,11)(H,7,8,12,13);3H,2H2,1H3,(H,7,8,11,12);2H2,1H3,(H2,5,8)(H2,6,9);2H2,1H3,(H,6,7)(H,8,9);3H2,1-2H3;1-2H2;1H4;1H3/b6-4+;;;;;;;;;;;. The second kappa shape index (κ2) is 62.9. The minimum atomic E-state index is -1.44. The Morgan fingerprint density at radius 1 is 0.505 bits per heavy atom. The second-order valence-electron chi connectivity index (χ2n) is 17.0. The summed E-state index contributed by atoms with van der Waals surface area (Å²) >= 11 is 0. The fraction of sp³-hybridized carbons (Fsp3) is 0.526. The average molecular weight is 1520 g/mol. The van der Waals surface area contributed by atoms with Crippen LogP contribution in [0, 0.1) is 0 Å². The van der Waals surface area contributed by atoms with Crippen LogP contribution in [0.3, 0.4) is 0 Å². The predicted molar refractivity (Wildman–Crippen MR) is 381 cm³/mol. The van der Waals surface area contributed by atoms with E-state index in [0.717, 1.165) is 28.1 Å². The van der Waals surface area contributed by atoms with Gasteiger partial charge in [0.05, 0.1) is 26.4 Å². The number of urea groups is 2. The van der Waals surface area contributed by atoms with E-state index in [1.165, 1.54) is 22.0 Å². The molecule has 4 rings (SSSR count). The molecule has 46 heteroatoms. The van der Waals surface area contributed by atoms with Gasteiger partial charge < -0.3 is 51.9 Å². The van der Waals surface area contributed by atoms with Crippen molar-refractivity contribution < 1.29 is 87.0 Å². The maximum absolute atomic E-state index is 11.8. The summed E-state index contributed by atoms with van der Waals surface area (Å²) in [7, 11) is 0.345. The van der Waals surface area contributed by atoms with Gasteiger partial charge in [-0.1, -0.05) is 33.8 Å². The van der Waals surface area contributed by atoms with Crippen molar-refractivity contribution >= 4 is 90.5 Å². The van der Waals surface area contributed by atoms with E-state index in [0.29, 0.717) is 29.8 Å². The molecule has 0 aromatic carbocycles. The van der Waals surface area contributed by atoms with E-state index >= 15 is 0 Å². The van der Waals surface area contributed by atoms with Gasteiger partial charge in [0.15, 0.2) is 24.2 Å². The normalized spacial score (nSPS) is 9.44. The summed E-state index contributed by atoms with van der Waals surface area (Å²) < 4.78 is 24.8. The molecule has 0 saturated heterocycles. The fourth-order valence-corrected chi connectivity index (χ4v) is 7.29. The van der Waals surface area contributed by atoms with Crippen LogP contribution in [0.2, 0.25) is 0 Å². The number of aromatic carboxylic acids is 1. The highest BCUT2D eigenvalue weighted by atomic mass is 31.1. The van der Waals surface area contributed by atoms with Crippen molar-refractivity contribution in [1.29, 1.82) is 0 Å². The van der Waals surface area contributed by atoms with Gasteiger partial charge in [-0.25, -0.2) is 105 Å². The summed E-state index contributed by atoms with van der Waals surface area (Å²) in [6, 6.07) is -1.63. The molecule has 4 aromatic rings. The van der Waals surface area contributed by atoms with Crippen molar-refractivity contribution in [3.05, 3.63) is 126 Å². The number of H-pyrrole nitrogens is 2. The van der Waals surface area contributed by atoms with Crippen molar-refractivity contribution in [2.45, 2.75) is 143 Å². The highest BCUT2D eigenvalue weighted by molar-refractivity contribution is 7.35.